The van der Waals surface area contributed by atoms with Crippen LogP contribution in [-0.2, 0) is 9.53 Å². The molecule has 2 aliphatic rings. The van der Waals surface area contributed by atoms with Gasteiger partial charge in [-0.15, -0.1) is 0 Å². The molecule has 1 saturated heterocycles. The Labute approximate surface area is 97.2 Å². The van der Waals surface area contributed by atoms with Crippen LogP contribution in [0, 0.1) is 11.3 Å². The van der Waals surface area contributed by atoms with E-state index in [1.165, 1.54) is 6.42 Å². The molecule has 3 heteroatoms. The van der Waals surface area contributed by atoms with Crippen LogP contribution in [0.1, 0.15) is 52.4 Å². The molecule has 0 aromatic heterocycles. The molecule has 0 bridgehead atoms. The van der Waals surface area contributed by atoms with E-state index in [1.807, 2.05) is 13.8 Å². The lowest BCUT2D eigenvalue weighted by molar-refractivity contribution is -0.175. The summed E-state index contributed by atoms with van der Waals surface area (Å²) < 4.78 is 5.86. The fourth-order valence-electron chi connectivity index (χ4n) is 3.11. The Bertz CT molecular complexity index is 283. The Morgan fingerprint density at radius 3 is 2.69 bits per heavy atom. The van der Waals surface area contributed by atoms with E-state index in [9.17, 15) is 9.90 Å². The molecule has 16 heavy (non-hydrogen) atoms. The first-order valence-electron chi connectivity index (χ1n) is 6.40. The van der Waals surface area contributed by atoms with E-state index >= 15 is 0 Å². The summed E-state index contributed by atoms with van der Waals surface area (Å²) in [6.07, 6.45) is 6.06. The van der Waals surface area contributed by atoms with Crippen LogP contribution in [0.25, 0.3) is 0 Å². The van der Waals surface area contributed by atoms with Gasteiger partial charge in [0.2, 0.25) is 0 Å². The standard InChI is InChI=1S/C13H22O3/c1-3-12(2,11(14)15)10-5-8-16-13(9-10)6-4-7-13/h10H,3-9H2,1-2H3,(H,14,15). The Balaban J connectivity index is 2.11. The SMILES string of the molecule is CCC(C)(C(=O)O)C1CCOC2(CCC2)C1. The van der Waals surface area contributed by atoms with Gasteiger partial charge in [0.25, 0.3) is 0 Å². The average Bonchev–Trinajstić information content (AvgIpc) is 2.25. The number of carboxylic acid groups (broad SMARTS) is 1. The Kier molecular flexibility index (Phi) is 2.99. The third-order valence-corrected chi connectivity index (χ3v) is 4.88. The summed E-state index contributed by atoms with van der Waals surface area (Å²) in [7, 11) is 0. The third-order valence-electron chi connectivity index (χ3n) is 4.88. The molecule has 2 unspecified atom stereocenters. The summed E-state index contributed by atoms with van der Waals surface area (Å²) in [4.78, 5) is 11.4. The van der Waals surface area contributed by atoms with Crippen molar-refractivity contribution in [3.05, 3.63) is 0 Å². The summed E-state index contributed by atoms with van der Waals surface area (Å²) in [6.45, 7) is 4.63. The molecule has 0 aromatic carbocycles. The van der Waals surface area contributed by atoms with Crippen LogP contribution >= 0.6 is 0 Å². The maximum atomic E-state index is 11.4. The van der Waals surface area contributed by atoms with Gasteiger partial charge in [-0.25, -0.2) is 0 Å². The number of carbonyl (C=O) groups is 1. The number of aliphatic carboxylic acids is 1. The minimum Gasteiger partial charge on any atom is -0.481 e. The molecule has 1 N–H and O–H groups in total. The predicted octanol–water partition coefficient (Wildman–Crippen LogP) is 2.84. The normalized spacial score (nSPS) is 31.8. The molecular formula is C13H22O3. The molecule has 0 radical (unpaired) electrons. The van der Waals surface area contributed by atoms with Gasteiger partial charge >= 0.3 is 5.97 Å². The predicted molar refractivity (Wildman–Crippen MR) is 61.3 cm³/mol. The molecule has 0 amide bonds. The van der Waals surface area contributed by atoms with Gasteiger partial charge in [0.05, 0.1) is 11.0 Å². The molecule has 1 saturated carbocycles. The number of ether oxygens (including phenoxy) is 1. The van der Waals surface area contributed by atoms with Crippen molar-refractivity contribution in [1.82, 2.24) is 0 Å². The van der Waals surface area contributed by atoms with E-state index in [0.717, 1.165) is 32.3 Å². The average molecular weight is 226 g/mol. The lowest BCUT2D eigenvalue weighted by atomic mass is 9.63. The minimum atomic E-state index is -0.642. The van der Waals surface area contributed by atoms with Crippen molar-refractivity contribution >= 4 is 5.97 Å². The number of carboxylic acids is 1. The molecule has 1 spiro atoms. The van der Waals surface area contributed by atoms with E-state index in [4.69, 9.17) is 4.74 Å². The third kappa shape index (κ3) is 1.75. The first-order chi connectivity index (χ1) is 7.52. The van der Waals surface area contributed by atoms with Crippen LogP contribution in [0.15, 0.2) is 0 Å². The fraction of sp³-hybridized carbons (Fsp3) is 0.923. The molecule has 92 valence electrons. The largest absolute Gasteiger partial charge is 0.481 e. The number of hydrogen-bond acceptors (Lipinski definition) is 2. The van der Waals surface area contributed by atoms with Gasteiger partial charge in [-0.05, 0) is 51.4 Å². The van der Waals surface area contributed by atoms with Crippen molar-refractivity contribution in [3.8, 4) is 0 Å². The monoisotopic (exact) mass is 226 g/mol. The zero-order chi connectivity index (χ0) is 11.8. The van der Waals surface area contributed by atoms with Gasteiger partial charge in [0, 0.05) is 6.61 Å². The molecule has 3 nitrogen and oxygen atoms in total. The summed E-state index contributed by atoms with van der Waals surface area (Å²) >= 11 is 0. The minimum absolute atomic E-state index is 0.0504. The van der Waals surface area contributed by atoms with Gasteiger partial charge in [-0.1, -0.05) is 6.92 Å². The van der Waals surface area contributed by atoms with E-state index in [2.05, 4.69) is 0 Å². The second-order valence-electron chi connectivity index (χ2n) is 5.65. The smallest absolute Gasteiger partial charge is 0.309 e. The van der Waals surface area contributed by atoms with Gasteiger partial charge in [-0.2, -0.15) is 0 Å². The van der Waals surface area contributed by atoms with Crippen molar-refractivity contribution < 1.29 is 14.6 Å². The quantitative estimate of drug-likeness (QED) is 0.805. The van der Waals surface area contributed by atoms with Crippen molar-refractivity contribution in [3.63, 3.8) is 0 Å². The first kappa shape index (κ1) is 11.9. The van der Waals surface area contributed by atoms with Crippen LogP contribution < -0.4 is 0 Å². The molecule has 1 heterocycles. The number of rotatable bonds is 3. The highest BCUT2D eigenvalue weighted by molar-refractivity contribution is 5.74. The van der Waals surface area contributed by atoms with Gasteiger partial charge < -0.3 is 9.84 Å². The van der Waals surface area contributed by atoms with E-state index in [-0.39, 0.29) is 11.5 Å². The lowest BCUT2D eigenvalue weighted by Crippen LogP contribution is -2.50. The van der Waals surface area contributed by atoms with Crippen LogP contribution in [-0.4, -0.2) is 23.3 Å². The highest BCUT2D eigenvalue weighted by Gasteiger charge is 2.49. The Morgan fingerprint density at radius 2 is 2.25 bits per heavy atom. The first-order valence-corrected chi connectivity index (χ1v) is 6.40. The Hall–Kier alpha value is -0.570. The molecule has 1 aliphatic carbocycles. The highest BCUT2D eigenvalue weighted by Crippen LogP contribution is 2.49. The van der Waals surface area contributed by atoms with Crippen molar-refractivity contribution in [2.24, 2.45) is 11.3 Å². The maximum absolute atomic E-state index is 11.4. The van der Waals surface area contributed by atoms with E-state index in [0.29, 0.717) is 6.42 Å². The molecule has 2 rings (SSSR count). The van der Waals surface area contributed by atoms with Gasteiger partial charge in [-0.3, -0.25) is 4.79 Å². The molecular weight excluding hydrogens is 204 g/mol. The van der Waals surface area contributed by atoms with E-state index in [1.54, 1.807) is 0 Å². The molecule has 2 atom stereocenters. The molecule has 0 aromatic rings. The number of hydrogen-bond donors (Lipinski definition) is 1. The highest BCUT2D eigenvalue weighted by atomic mass is 16.5. The second-order valence-corrected chi connectivity index (χ2v) is 5.65. The van der Waals surface area contributed by atoms with E-state index < -0.39 is 11.4 Å². The summed E-state index contributed by atoms with van der Waals surface area (Å²) in [5.74, 6) is -0.361. The molecule has 1 aliphatic heterocycles. The fourth-order valence-corrected chi connectivity index (χ4v) is 3.11. The molecule has 2 fully saturated rings. The topological polar surface area (TPSA) is 46.5 Å². The van der Waals surface area contributed by atoms with Crippen LogP contribution in [0.4, 0.5) is 0 Å². The van der Waals surface area contributed by atoms with Gasteiger partial charge in [0.1, 0.15) is 0 Å². The summed E-state index contributed by atoms with van der Waals surface area (Å²) in [5, 5.41) is 9.40. The van der Waals surface area contributed by atoms with Crippen LogP contribution in [0.3, 0.4) is 0 Å². The van der Waals surface area contributed by atoms with Crippen molar-refractivity contribution in [2.75, 3.05) is 6.61 Å². The van der Waals surface area contributed by atoms with Crippen molar-refractivity contribution in [1.29, 1.82) is 0 Å². The van der Waals surface area contributed by atoms with Crippen LogP contribution in [0.5, 0.6) is 0 Å². The zero-order valence-corrected chi connectivity index (χ0v) is 10.3. The zero-order valence-electron chi connectivity index (χ0n) is 10.3. The summed E-state index contributed by atoms with van der Waals surface area (Å²) in [5.41, 5.74) is -0.513. The second kappa shape index (κ2) is 4.02. The van der Waals surface area contributed by atoms with Crippen LogP contribution in [0.2, 0.25) is 0 Å². The van der Waals surface area contributed by atoms with Crippen molar-refractivity contribution in [2.45, 2.75) is 58.0 Å². The Morgan fingerprint density at radius 1 is 1.56 bits per heavy atom. The lowest BCUT2D eigenvalue weighted by Gasteiger charge is -2.50. The summed E-state index contributed by atoms with van der Waals surface area (Å²) in [6, 6.07) is 0. The maximum Gasteiger partial charge on any atom is 0.309 e. The van der Waals surface area contributed by atoms with Gasteiger partial charge in [0.15, 0.2) is 0 Å².